The molecular formula is C14H31N5. The average Bonchev–Trinajstić information content (AvgIpc) is 2.38. The van der Waals surface area contributed by atoms with E-state index in [9.17, 15) is 0 Å². The largest absolute Gasteiger partial charge is 0.369 e. The summed E-state index contributed by atoms with van der Waals surface area (Å²) in [7, 11) is 0. The summed E-state index contributed by atoms with van der Waals surface area (Å²) in [5.74, 6) is 0.768. The number of rotatable bonds is 8. The molecule has 0 spiro atoms. The normalized spacial score (nSPS) is 11.5. The van der Waals surface area contributed by atoms with Crippen molar-refractivity contribution in [3.05, 3.63) is 0 Å². The molecule has 0 amide bonds. The van der Waals surface area contributed by atoms with Gasteiger partial charge in [-0.25, -0.2) is 0 Å². The van der Waals surface area contributed by atoms with Crippen molar-refractivity contribution in [1.82, 2.24) is 9.80 Å². The molecule has 5 nitrogen and oxygen atoms in total. The molecule has 3 N–H and O–H groups in total. The molecule has 0 fully saturated rings. The fourth-order valence-corrected chi connectivity index (χ4v) is 1.99. The molecule has 0 aromatic rings. The van der Waals surface area contributed by atoms with Gasteiger partial charge in [0.05, 0.1) is 0 Å². The molecule has 0 aliphatic heterocycles. The van der Waals surface area contributed by atoms with Crippen molar-refractivity contribution < 1.29 is 0 Å². The van der Waals surface area contributed by atoms with E-state index in [1.165, 1.54) is 0 Å². The third kappa shape index (κ3) is 7.03. The van der Waals surface area contributed by atoms with Gasteiger partial charge in [0.1, 0.15) is 0 Å². The summed E-state index contributed by atoms with van der Waals surface area (Å²) in [6, 6.07) is 0. The van der Waals surface area contributed by atoms with Gasteiger partial charge in [-0.2, -0.15) is 4.99 Å². The van der Waals surface area contributed by atoms with Crippen molar-refractivity contribution in [2.45, 2.75) is 53.4 Å². The molecule has 0 rings (SSSR count). The van der Waals surface area contributed by atoms with Gasteiger partial charge in [0.15, 0.2) is 5.96 Å². The first kappa shape index (κ1) is 17.7. The van der Waals surface area contributed by atoms with Crippen LogP contribution in [0.4, 0.5) is 0 Å². The fraction of sp³-hybridized carbons (Fsp3) is 0.857. The van der Waals surface area contributed by atoms with E-state index in [0.717, 1.165) is 51.9 Å². The molecule has 19 heavy (non-hydrogen) atoms. The molecule has 0 radical (unpaired) electrons. The minimum atomic E-state index is 0.290. The van der Waals surface area contributed by atoms with Crippen molar-refractivity contribution in [1.29, 1.82) is 5.41 Å². The van der Waals surface area contributed by atoms with Crippen LogP contribution in [0.15, 0.2) is 4.99 Å². The Balaban J connectivity index is 4.70. The molecule has 0 aromatic carbocycles. The van der Waals surface area contributed by atoms with Gasteiger partial charge < -0.3 is 15.5 Å². The standard InChI is InChI=1S/C14H31N5/c1-5-9-18(10-6-2)13(15)17-14(16)19(11-7-3)12-8-4/h5-12H2,1-4H3,(H3,15,16,17). The van der Waals surface area contributed by atoms with Crippen LogP contribution in [0.1, 0.15) is 53.4 Å². The molecule has 0 bridgehead atoms. The quantitative estimate of drug-likeness (QED) is 0.525. The molecule has 0 heterocycles. The Labute approximate surface area is 118 Å². The average molecular weight is 269 g/mol. The van der Waals surface area contributed by atoms with Gasteiger partial charge in [-0.05, 0) is 25.7 Å². The SMILES string of the molecule is CCCN(CCC)C(=N)/N=C(\N)N(CCC)CCC. The summed E-state index contributed by atoms with van der Waals surface area (Å²) >= 11 is 0. The summed E-state index contributed by atoms with van der Waals surface area (Å²) in [6.45, 7) is 12.0. The summed E-state index contributed by atoms with van der Waals surface area (Å²) in [5.41, 5.74) is 6.03. The second-order valence-electron chi connectivity index (χ2n) is 4.77. The first-order valence-corrected chi connectivity index (χ1v) is 7.53. The van der Waals surface area contributed by atoms with E-state index in [0.29, 0.717) is 11.9 Å². The van der Waals surface area contributed by atoms with Gasteiger partial charge in [0.2, 0.25) is 5.96 Å². The van der Waals surface area contributed by atoms with Gasteiger partial charge in [0.25, 0.3) is 0 Å². The highest BCUT2D eigenvalue weighted by molar-refractivity contribution is 5.92. The van der Waals surface area contributed by atoms with Crippen molar-refractivity contribution in [3.63, 3.8) is 0 Å². The molecule has 5 heteroatoms. The van der Waals surface area contributed by atoms with E-state index in [1.807, 2.05) is 4.90 Å². The molecule has 0 saturated heterocycles. The van der Waals surface area contributed by atoms with E-state index in [4.69, 9.17) is 11.1 Å². The Kier molecular flexibility index (Phi) is 9.94. The van der Waals surface area contributed by atoms with Crippen LogP contribution in [0.5, 0.6) is 0 Å². The van der Waals surface area contributed by atoms with E-state index >= 15 is 0 Å². The Morgan fingerprint density at radius 3 is 1.58 bits per heavy atom. The summed E-state index contributed by atoms with van der Waals surface area (Å²) in [4.78, 5) is 8.33. The van der Waals surface area contributed by atoms with Gasteiger partial charge in [-0.15, -0.1) is 0 Å². The lowest BCUT2D eigenvalue weighted by Crippen LogP contribution is -2.41. The molecule has 0 aliphatic rings. The lowest BCUT2D eigenvalue weighted by Gasteiger charge is -2.25. The van der Waals surface area contributed by atoms with Crippen LogP contribution in [0.2, 0.25) is 0 Å². The molecule has 0 aromatic heterocycles. The van der Waals surface area contributed by atoms with Gasteiger partial charge in [0, 0.05) is 26.2 Å². The van der Waals surface area contributed by atoms with Crippen LogP contribution >= 0.6 is 0 Å². The lowest BCUT2D eigenvalue weighted by atomic mass is 10.3. The number of hydrogen-bond acceptors (Lipinski definition) is 1. The highest BCUT2D eigenvalue weighted by Crippen LogP contribution is 1.99. The first-order chi connectivity index (χ1) is 9.10. The van der Waals surface area contributed by atoms with Crippen molar-refractivity contribution >= 4 is 11.9 Å². The van der Waals surface area contributed by atoms with Crippen LogP contribution in [0.3, 0.4) is 0 Å². The van der Waals surface area contributed by atoms with Crippen molar-refractivity contribution in [3.8, 4) is 0 Å². The number of aliphatic imine (C=N–C) groups is 1. The zero-order valence-electron chi connectivity index (χ0n) is 13.1. The van der Waals surface area contributed by atoms with Gasteiger partial charge in [-0.3, -0.25) is 5.41 Å². The molecule has 0 atom stereocenters. The Morgan fingerprint density at radius 1 is 0.842 bits per heavy atom. The van der Waals surface area contributed by atoms with E-state index in [2.05, 4.69) is 37.6 Å². The summed E-state index contributed by atoms with van der Waals surface area (Å²) in [5, 5.41) is 8.07. The van der Waals surface area contributed by atoms with E-state index in [1.54, 1.807) is 0 Å². The molecular weight excluding hydrogens is 238 g/mol. The van der Waals surface area contributed by atoms with Crippen molar-refractivity contribution in [2.75, 3.05) is 26.2 Å². The number of hydrogen-bond donors (Lipinski definition) is 2. The van der Waals surface area contributed by atoms with E-state index < -0.39 is 0 Å². The Hall–Kier alpha value is -1.26. The second kappa shape index (κ2) is 10.6. The number of nitrogens with two attached hydrogens (primary N) is 1. The monoisotopic (exact) mass is 269 g/mol. The summed E-state index contributed by atoms with van der Waals surface area (Å²) < 4.78 is 0. The predicted molar refractivity (Wildman–Crippen MR) is 83.7 cm³/mol. The molecule has 0 saturated carbocycles. The molecule has 0 unspecified atom stereocenters. The topological polar surface area (TPSA) is 68.7 Å². The van der Waals surface area contributed by atoms with Gasteiger partial charge >= 0.3 is 0 Å². The lowest BCUT2D eigenvalue weighted by molar-refractivity contribution is 0.400. The Morgan fingerprint density at radius 2 is 1.21 bits per heavy atom. The zero-order valence-corrected chi connectivity index (χ0v) is 13.1. The van der Waals surface area contributed by atoms with Gasteiger partial charge in [-0.1, -0.05) is 27.7 Å². The molecule has 0 aliphatic carbocycles. The van der Waals surface area contributed by atoms with Crippen LogP contribution in [0.25, 0.3) is 0 Å². The van der Waals surface area contributed by atoms with Crippen LogP contribution in [-0.4, -0.2) is 47.9 Å². The highest BCUT2D eigenvalue weighted by Gasteiger charge is 2.10. The maximum absolute atomic E-state index is 8.07. The number of nitrogens with zero attached hydrogens (tertiary/aromatic N) is 3. The smallest absolute Gasteiger partial charge is 0.221 e. The summed E-state index contributed by atoms with van der Waals surface area (Å²) in [6.07, 6.45) is 4.12. The third-order valence-corrected chi connectivity index (χ3v) is 2.82. The minimum Gasteiger partial charge on any atom is -0.369 e. The van der Waals surface area contributed by atoms with Crippen LogP contribution in [0, 0.1) is 5.41 Å². The number of guanidine groups is 2. The van der Waals surface area contributed by atoms with E-state index in [-0.39, 0.29) is 0 Å². The minimum absolute atomic E-state index is 0.290. The number of nitrogens with one attached hydrogen (secondary N) is 1. The molecule has 112 valence electrons. The van der Waals surface area contributed by atoms with Crippen molar-refractivity contribution in [2.24, 2.45) is 10.7 Å². The predicted octanol–water partition coefficient (Wildman–Crippen LogP) is 2.48. The maximum Gasteiger partial charge on any atom is 0.221 e. The Bertz CT molecular complexity index is 263. The second-order valence-corrected chi connectivity index (χ2v) is 4.77. The van der Waals surface area contributed by atoms with Crippen LogP contribution < -0.4 is 5.73 Å². The maximum atomic E-state index is 8.07. The third-order valence-electron chi connectivity index (χ3n) is 2.82. The highest BCUT2D eigenvalue weighted by atomic mass is 15.3. The first-order valence-electron chi connectivity index (χ1n) is 7.53. The fourth-order valence-electron chi connectivity index (χ4n) is 1.99. The van der Waals surface area contributed by atoms with Crippen LogP contribution in [-0.2, 0) is 0 Å². The zero-order chi connectivity index (χ0) is 14.7.